The number of carbonyl (C=O) groups excluding carboxylic acids is 1. The van der Waals surface area contributed by atoms with Gasteiger partial charge in [-0.25, -0.2) is 8.78 Å². The van der Waals surface area contributed by atoms with E-state index in [4.69, 9.17) is 0 Å². The van der Waals surface area contributed by atoms with E-state index in [1.165, 1.54) is 12.8 Å². The van der Waals surface area contributed by atoms with E-state index in [9.17, 15) is 13.6 Å². The third kappa shape index (κ3) is 4.43. The molecule has 0 aliphatic carbocycles. The highest BCUT2D eigenvalue weighted by atomic mass is 35.5. The van der Waals surface area contributed by atoms with Gasteiger partial charge in [-0.2, -0.15) is 0 Å². The van der Waals surface area contributed by atoms with Crippen LogP contribution in [-0.4, -0.2) is 66.4 Å². The normalized spacial score (nSPS) is 31.5. The Morgan fingerprint density at radius 2 is 1.77 bits per heavy atom. The summed E-state index contributed by atoms with van der Waals surface area (Å²) in [6.45, 7) is 3.29. The van der Waals surface area contributed by atoms with Crippen LogP contribution in [0.4, 0.5) is 8.78 Å². The quantitative estimate of drug-likeness (QED) is 0.817. The van der Waals surface area contributed by atoms with Crippen molar-refractivity contribution in [2.75, 3.05) is 32.7 Å². The highest BCUT2D eigenvalue weighted by molar-refractivity contribution is 5.85. The van der Waals surface area contributed by atoms with Crippen LogP contribution in [0.15, 0.2) is 0 Å². The van der Waals surface area contributed by atoms with Crippen molar-refractivity contribution in [1.82, 2.24) is 15.1 Å². The van der Waals surface area contributed by atoms with E-state index in [1.807, 2.05) is 0 Å². The minimum Gasteiger partial charge on any atom is -0.340 e. The second kappa shape index (κ2) is 8.08. The first-order valence-corrected chi connectivity index (χ1v) is 7.69. The van der Waals surface area contributed by atoms with Gasteiger partial charge in [-0.1, -0.05) is 0 Å². The average Bonchev–Trinajstić information content (AvgIpc) is 3.07. The second-order valence-corrected chi connectivity index (χ2v) is 6.32. The van der Waals surface area contributed by atoms with E-state index >= 15 is 0 Å². The Kier molecular flexibility index (Phi) is 7.30. The largest absolute Gasteiger partial charge is 0.340 e. The molecule has 0 spiro atoms. The van der Waals surface area contributed by atoms with Crippen LogP contribution in [0.1, 0.15) is 32.1 Å². The summed E-state index contributed by atoms with van der Waals surface area (Å²) < 4.78 is 26.4. The number of hydrogen-bond acceptors (Lipinski definition) is 3. The summed E-state index contributed by atoms with van der Waals surface area (Å²) in [6.07, 6.45) is 4.23. The van der Waals surface area contributed by atoms with Gasteiger partial charge in [-0.15, -0.1) is 24.8 Å². The molecule has 0 aromatic carbocycles. The lowest BCUT2D eigenvalue weighted by atomic mass is 10.0. The molecule has 0 saturated carbocycles. The van der Waals surface area contributed by atoms with Crippen LogP contribution in [0, 0.1) is 0 Å². The van der Waals surface area contributed by atoms with Crippen molar-refractivity contribution < 1.29 is 13.6 Å². The summed E-state index contributed by atoms with van der Waals surface area (Å²) >= 11 is 0. The molecule has 3 aliphatic rings. The smallest absolute Gasteiger partial charge is 0.262 e. The zero-order valence-corrected chi connectivity index (χ0v) is 14.2. The molecule has 22 heavy (non-hydrogen) atoms. The fourth-order valence-corrected chi connectivity index (χ4v) is 3.67. The predicted molar refractivity (Wildman–Crippen MR) is 86.3 cm³/mol. The maximum absolute atomic E-state index is 13.2. The summed E-state index contributed by atoms with van der Waals surface area (Å²) in [5.41, 5.74) is 0. The van der Waals surface area contributed by atoms with E-state index in [1.54, 1.807) is 4.90 Å². The number of halogens is 4. The Bertz CT molecular complexity index is 381. The van der Waals surface area contributed by atoms with Crippen molar-refractivity contribution in [2.24, 2.45) is 0 Å². The van der Waals surface area contributed by atoms with Crippen molar-refractivity contribution in [3.05, 3.63) is 0 Å². The van der Waals surface area contributed by atoms with Gasteiger partial charge in [-0.3, -0.25) is 15.0 Å². The first kappa shape index (κ1) is 19.9. The molecule has 0 aromatic heterocycles. The average molecular weight is 360 g/mol. The van der Waals surface area contributed by atoms with Crippen LogP contribution in [0.5, 0.6) is 0 Å². The third-order valence-electron chi connectivity index (χ3n) is 4.77. The molecule has 0 bridgehead atoms. The molecule has 3 rings (SSSR count). The summed E-state index contributed by atoms with van der Waals surface area (Å²) in [6, 6.07) is -0.264. The lowest BCUT2D eigenvalue weighted by Gasteiger charge is -2.38. The Morgan fingerprint density at radius 1 is 1.09 bits per heavy atom. The van der Waals surface area contributed by atoms with Gasteiger partial charge in [0, 0.05) is 25.6 Å². The summed E-state index contributed by atoms with van der Waals surface area (Å²) in [7, 11) is 0. The Hall–Kier alpha value is -0.170. The Labute approximate surface area is 142 Å². The molecule has 0 aromatic rings. The van der Waals surface area contributed by atoms with Crippen molar-refractivity contribution in [1.29, 1.82) is 0 Å². The standard InChI is InChI=1S/C14H23F2N3O.2ClH/c15-14(16)8-12(17-10-14)13(20)19-7-3-4-11(9-19)18-5-1-2-6-18;;/h11-12,17H,1-10H2;2*1H. The predicted octanol–water partition coefficient (Wildman–Crippen LogP) is 1.91. The van der Waals surface area contributed by atoms with E-state index in [0.29, 0.717) is 19.1 Å². The van der Waals surface area contributed by atoms with E-state index in [-0.39, 0.29) is 43.7 Å². The molecule has 0 radical (unpaired) electrons. The van der Waals surface area contributed by atoms with Gasteiger partial charge in [0.05, 0.1) is 12.6 Å². The molecular weight excluding hydrogens is 335 g/mol. The SMILES string of the molecule is Cl.Cl.O=C(C1CC(F)(F)CN1)N1CCCC(N2CCCC2)C1. The maximum Gasteiger partial charge on any atom is 0.262 e. The minimum absolute atomic E-state index is 0. The minimum atomic E-state index is -2.73. The van der Waals surface area contributed by atoms with E-state index in [2.05, 4.69) is 10.2 Å². The zero-order chi connectivity index (χ0) is 14.2. The van der Waals surface area contributed by atoms with Crippen molar-refractivity contribution >= 4 is 30.7 Å². The van der Waals surface area contributed by atoms with Gasteiger partial charge < -0.3 is 4.90 Å². The molecule has 3 aliphatic heterocycles. The topological polar surface area (TPSA) is 35.6 Å². The summed E-state index contributed by atoms with van der Waals surface area (Å²) in [4.78, 5) is 16.6. The highest BCUT2D eigenvalue weighted by Crippen LogP contribution is 2.27. The van der Waals surface area contributed by atoms with Crippen molar-refractivity contribution in [2.45, 2.75) is 50.1 Å². The third-order valence-corrected chi connectivity index (χ3v) is 4.77. The number of nitrogens with zero attached hydrogens (tertiary/aromatic N) is 2. The number of piperidine rings is 1. The number of alkyl halides is 2. The number of likely N-dealkylation sites (tertiary alicyclic amines) is 2. The number of nitrogens with one attached hydrogen (secondary N) is 1. The second-order valence-electron chi connectivity index (χ2n) is 6.32. The Morgan fingerprint density at radius 3 is 2.36 bits per heavy atom. The molecule has 4 nitrogen and oxygen atoms in total. The van der Waals surface area contributed by atoms with Crippen LogP contribution >= 0.6 is 24.8 Å². The Balaban J connectivity index is 0.00000121. The van der Waals surface area contributed by atoms with Gasteiger partial charge in [0.2, 0.25) is 5.91 Å². The van der Waals surface area contributed by atoms with Gasteiger partial charge in [0.1, 0.15) is 0 Å². The van der Waals surface area contributed by atoms with Crippen LogP contribution in [0.3, 0.4) is 0 Å². The molecule has 3 fully saturated rings. The van der Waals surface area contributed by atoms with Gasteiger partial charge in [0.15, 0.2) is 0 Å². The number of amides is 1. The number of rotatable bonds is 2. The zero-order valence-electron chi connectivity index (χ0n) is 12.6. The number of carbonyl (C=O) groups is 1. The molecule has 2 atom stereocenters. The molecule has 3 saturated heterocycles. The number of hydrogen-bond donors (Lipinski definition) is 1. The molecular formula is C14H25Cl2F2N3O. The van der Waals surface area contributed by atoms with E-state index < -0.39 is 12.0 Å². The maximum atomic E-state index is 13.2. The molecule has 3 heterocycles. The van der Waals surface area contributed by atoms with Gasteiger partial charge in [0.25, 0.3) is 5.92 Å². The first-order valence-electron chi connectivity index (χ1n) is 7.69. The summed E-state index contributed by atoms with van der Waals surface area (Å²) in [5.74, 6) is -2.86. The van der Waals surface area contributed by atoms with Crippen molar-refractivity contribution in [3.8, 4) is 0 Å². The van der Waals surface area contributed by atoms with Crippen LogP contribution < -0.4 is 5.32 Å². The van der Waals surface area contributed by atoms with Crippen LogP contribution in [0.25, 0.3) is 0 Å². The molecule has 1 amide bonds. The monoisotopic (exact) mass is 359 g/mol. The lowest BCUT2D eigenvalue weighted by Crippen LogP contribution is -2.52. The fraction of sp³-hybridized carbons (Fsp3) is 0.929. The first-order chi connectivity index (χ1) is 9.55. The van der Waals surface area contributed by atoms with Crippen LogP contribution in [-0.2, 0) is 4.79 Å². The van der Waals surface area contributed by atoms with Gasteiger partial charge >= 0.3 is 0 Å². The molecule has 1 N–H and O–H groups in total. The lowest BCUT2D eigenvalue weighted by molar-refractivity contribution is -0.135. The fourth-order valence-electron chi connectivity index (χ4n) is 3.67. The van der Waals surface area contributed by atoms with Crippen LogP contribution in [0.2, 0.25) is 0 Å². The summed E-state index contributed by atoms with van der Waals surface area (Å²) in [5, 5.41) is 2.67. The molecule has 8 heteroatoms. The van der Waals surface area contributed by atoms with Gasteiger partial charge in [-0.05, 0) is 38.8 Å². The van der Waals surface area contributed by atoms with E-state index in [0.717, 1.165) is 25.9 Å². The molecule has 130 valence electrons. The highest BCUT2D eigenvalue weighted by Gasteiger charge is 2.44. The molecule has 2 unspecified atom stereocenters. The van der Waals surface area contributed by atoms with Crippen molar-refractivity contribution in [3.63, 3.8) is 0 Å².